The Hall–Kier alpha value is -2.18. The Balaban J connectivity index is 2.45. The maximum Gasteiger partial charge on any atom is 0.0708 e. The van der Waals surface area contributed by atoms with Crippen LogP contribution in [0.15, 0.2) is 41.7 Å². The van der Waals surface area contributed by atoms with Gasteiger partial charge in [-0.2, -0.15) is 0 Å². The molecule has 1 aliphatic rings. The summed E-state index contributed by atoms with van der Waals surface area (Å²) < 4.78 is 0. The highest BCUT2D eigenvalue weighted by Crippen LogP contribution is 2.23. The van der Waals surface area contributed by atoms with Crippen LogP contribution in [0.25, 0.3) is 23.1 Å². The molecule has 0 amide bonds. The van der Waals surface area contributed by atoms with Gasteiger partial charge in [-0.1, -0.05) is 18.2 Å². The van der Waals surface area contributed by atoms with Crippen LogP contribution in [0.4, 0.5) is 0 Å². The van der Waals surface area contributed by atoms with Crippen molar-refractivity contribution in [3.63, 3.8) is 0 Å². The lowest BCUT2D eigenvalue weighted by Gasteiger charge is -2.04. The maximum atomic E-state index is 4.39. The summed E-state index contributed by atoms with van der Waals surface area (Å²) in [5.74, 6) is 2.84. The molecular weight excluding hydrogens is 184 g/mol. The molecule has 0 saturated heterocycles. The monoisotopic (exact) mass is 192 g/mol. The molecule has 1 aromatic heterocycles. The predicted molar refractivity (Wildman–Crippen MR) is 62.7 cm³/mol. The second-order valence-corrected chi connectivity index (χ2v) is 3.36. The van der Waals surface area contributed by atoms with Crippen molar-refractivity contribution in [3.05, 3.63) is 47.8 Å². The first-order valence-corrected chi connectivity index (χ1v) is 4.78. The van der Waals surface area contributed by atoms with Crippen molar-refractivity contribution in [1.29, 1.82) is 0 Å². The van der Waals surface area contributed by atoms with Crippen LogP contribution in [0.5, 0.6) is 0 Å². The molecular formula is C13H8N2. The molecule has 0 radical (unpaired) electrons. The molecule has 0 saturated carbocycles. The Bertz CT molecular complexity index is 617. The molecule has 1 aromatic carbocycles. The summed E-state index contributed by atoms with van der Waals surface area (Å²) in [5.41, 5.74) is 3.23. The van der Waals surface area contributed by atoms with E-state index in [4.69, 9.17) is 0 Å². The van der Waals surface area contributed by atoms with E-state index in [0.29, 0.717) is 0 Å². The minimum atomic E-state index is 1.01. The highest BCUT2D eigenvalue weighted by Gasteiger charge is 2.04. The van der Waals surface area contributed by atoms with Gasteiger partial charge in [-0.05, 0) is 23.6 Å². The fourth-order valence-electron chi connectivity index (χ4n) is 1.74. The normalized spacial score (nSPS) is 12.8. The zero-order valence-corrected chi connectivity index (χ0v) is 8.01. The van der Waals surface area contributed by atoms with Crippen LogP contribution in [0.3, 0.4) is 0 Å². The van der Waals surface area contributed by atoms with Gasteiger partial charge >= 0.3 is 0 Å². The van der Waals surface area contributed by atoms with Crippen molar-refractivity contribution in [2.24, 2.45) is 4.99 Å². The molecule has 70 valence electrons. The largest absolute Gasteiger partial charge is 0.256 e. The van der Waals surface area contributed by atoms with Gasteiger partial charge in [0.1, 0.15) is 0 Å². The first-order chi connectivity index (χ1) is 7.45. The number of hydrogen-bond donors (Lipinski definition) is 0. The lowest BCUT2D eigenvalue weighted by molar-refractivity contribution is 1.39. The molecule has 2 aromatic rings. The summed E-state index contributed by atoms with van der Waals surface area (Å²) in [7, 11) is 0. The Morgan fingerprint density at radius 3 is 3.07 bits per heavy atom. The molecule has 1 aliphatic heterocycles. The van der Waals surface area contributed by atoms with Crippen molar-refractivity contribution >= 4 is 28.9 Å². The summed E-state index contributed by atoms with van der Waals surface area (Å²) >= 11 is 0. The van der Waals surface area contributed by atoms with E-state index < -0.39 is 0 Å². The SMILES string of the molecule is C1=Cc2cnc3ccccc3c2C=CN=1. The smallest absolute Gasteiger partial charge is 0.0708 e. The minimum absolute atomic E-state index is 1.01. The molecule has 0 bridgehead atoms. The number of pyridine rings is 1. The fourth-order valence-corrected chi connectivity index (χ4v) is 1.74. The summed E-state index contributed by atoms with van der Waals surface area (Å²) in [5, 5.41) is 1.15. The van der Waals surface area contributed by atoms with Gasteiger partial charge in [0.05, 0.1) is 5.52 Å². The number of aliphatic imine (C=N–C) groups is 1. The summed E-state index contributed by atoms with van der Waals surface area (Å²) in [6, 6.07) is 8.10. The highest BCUT2D eigenvalue weighted by atomic mass is 14.7. The number of rotatable bonds is 0. The lowest BCUT2D eigenvalue weighted by Crippen LogP contribution is -1.87. The van der Waals surface area contributed by atoms with Crippen molar-refractivity contribution in [2.45, 2.75) is 0 Å². The van der Waals surface area contributed by atoms with E-state index in [2.05, 4.69) is 21.9 Å². The third-order valence-corrected chi connectivity index (χ3v) is 2.46. The van der Waals surface area contributed by atoms with Crippen LogP contribution in [-0.4, -0.2) is 10.9 Å². The number of para-hydroxylation sites is 1. The van der Waals surface area contributed by atoms with E-state index in [1.165, 1.54) is 0 Å². The van der Waals surface area contributed by atoms with Crippen LogP contribution in [0.1, 0.15) is 11.1 Å². The van der Waals surface area contributed by atoms with E-state index in [1.54, 1.807) is 6.20 Å². The van der Waals surface area contributed by atoms with E-state index in [-0.39, 0.29) is 0 Å². The second kappa shape index (κ2) is 3.19. The van der Waals surface area contributed by atoms with Gasteiger partial charge in [0.2, 0.25) is 0 Å². The number of benzene rings is 1. The van der Waals surface area contributed by atoms with Crippen LogP contribution in [0, 0.1) is 0 Å². The number of aromatic nitrogens is 1. The van der Waals surface area contributed by atoms with Crippen molar-refractivity contribution in [1.82, 2.24) is 4.98 Å². The van der Waals surface area contributed by atoms with Gasteiger partial charge in [0.25, 0.3) is 0 Å². The molecule has 0 spiro atoms. The van der Waals surface area contributed by atoms with Gasteiger partial charge in [-0.25, -0.2) is 4.99 Å². The Morgan fingerprint density at radius 1 is 1.13 bits per heavy atom. The molecule has 15 heavy (non-hydrogen) atoms. The summed E-state index contributed by atoms with van der Waals surface area (Å²) in [4.78, 5) is 8.37. The molecule has 0 aliphatic carbocycles. The Morgan fingerprint density at radius 2 is 2.07 bits per heavy atom. The van der Waals surface area contributed by atoms with Crippen LogP contribution in [-0.2, 0) is 0 Å². The summed E-state index contributed by atoms with van der Waals surface area (Å²) in [6.45, 7) is 0. The van der Waals surface area contributed by atoms with Crippen LogP contribution >= 0.6 is 0 Å². The average molecular weight is 192 g/mol. The van der Waals surface area contributed by atoms with Crippen molar-refractivity contribution in [2.75, 3.05) is 0 Å². The quantitative estimate of drug-likeness (QED) is 0.630. The van der Waals surface area contributed by atoms with Crippen molar-refractivity contribution < 1.29 is 0 Å². The third kappa shape index (κ3) is 1.28. The highest BCUT2D eigenvalue weighted by molar-refractivity contribution is 5.95. The zero-order chi connectivity index (χ0) is 10.1. The number of hydrogen-bond acceptors (Lipinski definition) is 2. The molecule has 0 fully saturated rings. The van der Waals surface area contributed by atoms with E-state index >= 15 is 0 Å². The van der Waals surface area contributed by atoms with Gasteiger partial charge < -0.3 is 0 Å². The fraction of sp³-hybridized carbons (Fsp3) is 0. The predicted octanol–water partition coefficient (Wildman–Crippen LogP) is 2.90. The Kier molecular flexibility index (Phi) is 1.74. The second-order valence-electron chi connectivity index (χ2n) is 3.36. The van der Waals surface area contributed by atoms with E-state index in [9.17, 15) is 0 Å². The zero-order valence-electron chi connectivity index (χ0n) is 8.01. The third-order valence-electron chi connectivity index (χ3n) is 2.46. The minimum Gasteiger partial charge on any atom is -0.256 e. The van der Waals surface area contributed by atoms with Crippen LogP contribution < -0.4 is 0 Å². The standard InChI is InChI=1S/C13H8N2/c1-2-4-13-12(3-1)11-6-8-14-7-5-10(11)9-15-13/h1-6,8-9H. The molecule has 2 heteroatoms. The molecule has 3 rings (SSSR count). The number of nitrogens with zero attached hydrogens (tertiary/aromatic N) is 2. The Labute approximate surface area is 87.3 Å². The van der Waals surface area contributed by atoms with Gasteiger partial charge in [-0.3, -0.25) is 4.98 Å². The lowest BCUT2D eigenvalue weighted by atomic mass is 10.0. The van der Waals surface area contributed by atoms with E-state index in [0.717, 1.165) is 22.0 Å². The van der Waals surface area contributed by atoms with Gasteiger partial charge in [0, 0.05) is 29.4 Å². The molecule has 0 atom stereocenters. The maximum absolute atomic E-state index is 4.39. The topological polar surface area (TPSA) is 25.2 Å². The van der Waals surface area contributed by atoms with Crippen molar-refractivity contribution in [3.8, 4) is 0 Å². The van der Waals surface area contributed by atoms with Gasteiger partial charge in [-0.15, -0.1) is 0 Å². The average Bonchev–Trinajstić information content (AvgIpc) is 2.54. The van der Waals surface area contributed by atoms with E-state index in [1.807, 2.05) is 36.5 Å². The summed E-state index contributed by atoms with van der Waals surface area (Å²) in [6.07, 6.45) is 7.47. The molecule has 0 N–H and O–H groups in total. The first-order valence-electron chi connectivity index (χ1n) is 4.78. The molecule has 0 unspecified atom stereocenters. The molecule has 2 nitrogen and oxygen atoms in total. The van der Waals surface area contributed by atoms with Gasteiger partial charge in [0.15, 0.2) is 0 Å². The molecule has 2 heterocycles. The first kappa shape index (κ1) is 8.16. The number of fused-ring (bicyclic) bond motifs is 3. The van der Waals surface area contributed by atoms with Crippen LogP contribution in [0.2, 0.25) is 0 Å².